The van der Waals surface area contributed by atoms with Gasteiger partial charge in [0.2, 0.25) is 5.91 Å². The number of benzene rings is 3. The predicted molar refractivity (Wildman–Crippen MR) is 133 cm³/mol. The van der Waals surface area contributed by atoms with E-state index in [0.29, 0.717) is 0 Å². The zero-order chi connectivity index (χ0) is 22.7. The van der Waals surface area contributed by atoms with Gasteiger partial charge in [0.25, 0.3) is 0 Å². The number of amides is 1. The van der Waals surface area contributed by atoms with Crippen LogP contribution in [0.5, 0.6) is 0 Å². The van der Waals surface area contributed by atoms with Crippen LogP contribution in [0.4, 0.5) is 5.69 Å². The Hall–Kier alpha value is -3.16. The van der Waals surface area contributed by atoms with Crippen LogP contribution in [0, 0.1) is 16.7 Å². The highest BCUT2D eigenvalue weighted by Crippen LogP contribution is 2.41. The summed E-state index contributed by atoms with van der Waals surface area (Å²) in [4.78, 5) is 16.1. The molecule has 1 amide bonds. The Labute approximate surface area is 196 Å². The molecule has 0 radical (unpaired) electrons. The molecule has 5 rings (SSSR count). The molecule has 0 spiro atoms. The molecule has 1 fully saturated rings. The molecule has 1 N–H and O–H groups in total. The first-order valence-electron chi connectivity index (χ1n) is 12.2. The monoisotopic (exact) mass is 437 g/mol. The molecular weight excluding hydrogens is 406 g/mol. The first-order chi connectivity index (χ1) is 16.1. The van der Waals surface area contributed by atoms with Gasteiger partial charge in [-0.25, -0.2) is 0 Å². The van der Waals surface area contributed by atoms with Crippen molar-refractivity contribution in [3.05, 3.63) is 77.4 Å². The summed E-state index contributed by atoms with van der Waals surface area (Å²) in [5, 5.41) is 14.8. The van der Waals surface area contributed by atoms with E-state index in [1.165, 1.54) is 22.9 Å². The molecular formula is C29H31N3O. The van der Waals surface area contributed by atoms with Crippen LogP contribution < -0.4 is 5.32 Å². The fraction of sp³-hybridized carbons (Fsp3) is 0.379. The summed E-state index contributed by atoms with van der Waals surface area (Å²) >= 11 is 0. The third kappa shape index (κ3) is 4.65. The van der Waals surface area contributed by atoms with Crippen LogP contribution in [0.25, 0.3) is 10.8 Å². The SMILES string of the molecule is N#Cc1ccc2c(c1)CCN(CCC1(C(=O)Nc3ccc4ccccc4c3)CCCCC1)C2. The lowest BCUT2D eigenvalue weighted by Crippen LogP contribution is -2.42. The molecule has 1 aliphatic heterocycles. The second-order valence-corrected chi connectivity index (χ2v) is 9.73. The van der Waals surface area contributed by atoms with Crippen molar-refractivity contribution in [1.29, 1.82) is 5.26 Å². The van der Waals surface area contributed by atoms with Gasteiger partial charge in [0, 0.05) is 18.8 Å². The minimum atomic E-state index is -0.283. The quantitative estimate of drug-likeness (QED) is 0.529. The maximum absolute atomic E-state index is 13.6. The second kappa shape index (κ2) is 9.37. The molecule has 0 unspecified atom stereocenters. The molecule has 3 aromatic carbocycles. The number of rotatable bonds is 5. The Kier molecular flexibility index (Phi) is 6.15. The van der Waals surface area contributed by atoms with Crippen molar-refractivity contribution in [2.24, 2.45) is 5.41 Å². The normalized spacial score (nSPS) is 17.8. The Balaban J connectivity index is 1.28. The van der Waals surface area contributed by atoms with Gasteiger partial charge in [-0.15, -0.1) is 0 Å². The van der Waals surface area contributed by atoms with Crippen molar-refractivity contribution in [3.63, 3.8) is 0 Å². The topological polar surface area (TPSA) is 56.1 Å². The molecule has 33 heavy (non-hydrogen) atoms. The van der Waals surface area contributed by atoms with Gasteiger partial charge in [0.15, 0.2) is 0 Å². The molecule has 168 valence electrons. The number of fused-ring (bicyclic) bond motifs is 2. The van der Waals surface area contributed by atoms with Gasteiger partial charge >= 0.3 is 0 Å². The largest absolute Gasteiger partial charge is 0.326 e. The van der Waals surface area contributed by atoms with Crippen LogP contribution >= 0.6 is 0 Å². The zero-order valence-electron chi connectivity index (χ0n) is 19.1. The van der Waals surface area contributed by atoms with E-state index in [-0.39, 0.29) is 11.3 Å². The molecule has 0 aromatic heterocycles. The average Bonchev–Trinajstić information content (AvgIpc) is 2.87. The van der Waals surface area contributed by atoms with Crippen LogP contribution in [-0.2, 0) is 17.8 Å². The number of hydrogen-bond acceptors (Lipinski definition) is 3. The van der Waals surface area contributed by atoms with E-state index in [2.05, 4.69) is 46.6 Å². The number of hydrogen-bond donors (Lipinski definition) is 1. The Morgan fingerprint density at radius 2 is 1.79 bits per heavy atom. The fourth-order valence-corrected chi connectivity index (χ4v) is 5.59. The van der Waals surface area contributed by atoms with Gasteiger partial charge in [0.05, 0.1) is 17.0 Å². The van der Waals surface area contributed by atoms with Gasteiger partial charge in [0.1, 0.15) is 0 Å². The van der Waals surface area contributed by atoms with E-state index in [0.717, 1.165) is 74.8 Å². The summed E-state index contributed by atoms with van der Waals surface area (Å²) in [6, 6.07) is 22.8. The highest BCUT2D eigenvalue weighted by molar-refractivity contribution is 5.97. The number of nitrogens with zero attached hydrogens (tertiary/aromatic N) is 2. The molecule has 0 bridgehead atoms. The molecule has 1 saturated carbocycles. The van der Waals surface area contributed by atoms with Crippen molar-refractivity contribution in [2.45, 2.75) is 51.5 Å². The lowest BCUT2D eigenvalue weighted by Gasteiger charge is -2.38. The maximum atomic E-state index is 13.6. The van der Waals surface area contributed by atoms with Crippen LogP contribution in [0.2, 0.25) is 0 Å². The van der Waals surface area contributed by atoms with E-state index >= 15 is 0 Å². The highest BCUT2D eigenvalue weighted by atomic mass is 16.2. The van der Waals surface area contributed by atoms with Gasteiger partial charge < -0.3 is 5.32 Å². The summed E-state index contributed by atoms with van der Waals surface area (Å²) in [6.07, 6.45) is 7.31. The third-order valence-electron chi connectivity index (χ3n) is 7.63. The van der Waals surface area contributed by atoms with E-state index in [1.807, 2.05) is 30.3 Å². The summed E-state index contributed by atoms with van der Waals surface area (Å²) in [5.41, 5.74) is 3.97. The van der Waals surface area contributed by atoms with E-state index in [1.54, 1.807) is 0 Å². The lowest BCUT2D eigenvalue weighted by atomic mass is 9.71. The Morgan fingerprint density at radius 1 is 0.970 bits per heavy atom. The first-order valence-corrected chi connectivity index (χ1v) is 12.2. The smallest absolute Gasteiger partial charge is 0.230 e. The van der Waals surface area contributed by atoms with Crippen LogP contribution in [0.1, 0.15) is 55.2 Å². The van der Waals surface area contributed by atoms with Gasteiger partial charge in [-0.05, 0) is 78.4 Å². The van der Waals surface area contributed by atoms with Crippen LogP contribution in [0.15, 0.2) is 60.7 Å². The number of anilines is 1. The molecule has 0 atom stereocenters. The van der Waals surface area contributed by atoms with Crippen molar-refractivity contribution >= 4 is 22.4 Å². The zero-order valence-corrected chi connectivity index (χ0v) is 19.1. The molecule has 4 heteroatoms. The van der Waals surface area contributed by atoms with Crippen molar-refractivity contribution in [1.82, 2.24) is 4.90 Å². The standard InChI is InChI=1S/C29H31N3O/c30-20-22-8-9-26-21-32(16-12-25(26)18-22)17-15-29(13-4-1-5-14-29)28(33)31-27-11-10-23-6-2-3-7-24(23)19-27/h2-3,6-11,18-19H,1,4-5,12-17,21H2,(H,31,33). The van der Waals surface area contributed by atoms with E-state index < -0.39 is 0 Å². The minimum Gasteiger partial charge on any atom is -0.326 e. The summed E-state index contributed by atoms with van der Waals surface area (Å²) < 4.78 is 0. The Bertz CT molecular complexity index is 1200. The molecule has 0 saturated heterocycles. The minimum absolute atomic E-state index is 0.188. The number of nitriles is 1. The maximum Gasteiger partial charge on any atom is 0.230 e. The Morgan fingerprint density at radius 3 is 2.61 bits per heavy atom. The molecule has 2 aliphatic rings. The van der Waals surface area contributed by atoms with Crippen molar-refractivity contribution in [2.75, 3.05) is 18.4 Å². The molecule has 1 aliphatic carbocycles. The van der Waals surface area contributed by atoms with Gasteiger partial charge in [-0.2, -0.15) is 5.26 Å². The average molecular weight is 438 g/mol. The molecule has 3 aromatic rings. The van der Waals surface area contributed by atoms with Gasteiger partial charge in [-0.1, -0.05) is 55.7 Å². The first kappa shape index (κ1) is 21.7. The predicted octanol–water partition coefficient (Wildman–Crippen LogP) is 6.05. The fourth-order valence-electron chi connectivity index (χ4n) is 5.59. The van der Waals surface area contributed by atoms with Gasteiger partial charge in [-0.3, -0.25) is 9.69 Å². The third-order valence-corrected chi connectivity index (χ3v) is 7.63. The highest BCUT2D eigenvalue weighted by Gasteiger charge is 2.39. The van der Waals surface area contributed by atoms with Crippen molar-refractivity contribution in [3.8, 4) is 6.07 Å². The number of carbonyl (C=O) groups excluding carboxylic acids is 1. The van der Waals surface area contributed by atoms with E-state index in [4.69, 9.17) is 5.26 Å². The molecule has 1 heterocycles. The summed E-state index contributed by atoms with van der Waals surface area (Å²) in [5.74, 6) is 0.188. The lowest BCUT2D eigenvalue weighted by molar-refractivity contribution is -0.128. The van der Waals surface area contributed by atoms with Crippen LogP contribution in [-0.4, -0.2) is 23.9 Å². The molecule has 4 nitrogen and oxygen atoms in total. The summed E-state index contributed by atoms with van der Waals surface area (Å²) in [7, 11) is 0. The summed E-state index contributed by atoms with van der Waals surface area (Å²) in [6.45, 7) is 2.83. The number of nitrogens with one attached hydrogen (secondary N) is 1. The van der Waals surface area contributed by atoms with Crippen molar-refractivity contribution < 1.29 is 4.79 Å². The number of carbonyl (C=O) groups is 1. The van der Waals surface area contributed by atoms with Crippen LogP contribution in [0.3, 0.4) is 0 Å². The second-order valence-electron chi connectivity index (χ2n) is 9.73. The van der Waals surface area contributed by atoms with E-state index in [9.17, 15) is 4.79 Å².